The Hall–Kier alpha value is -2.17. The zero-order chi connectivity index (χ0) is 14.4. The molecule has 1 aromatic rings. The first-order valence-corrected chi connectivity index (χ1v) is 6.80. The van der Waals surface area contributed by atoms with Gasteiger partial charge in [-0.3, -0.25) is 19.3 Å². The van der Waals surface area contributed by atoms with Gasteiger partial charge < -0.3 is 5.32 Å². The van der Waals surface area contributed by atoms with Crippen molar-refractivity contribution in [1.82, 2.24) is 10.2 Å². The molecule has 1 fully saturated rings. The van der Waals surface area contributed by atoms with Crippen molar-refractivity contribution in [2.45, 2.75) is 31.7 Å². The van der Waals surface area contributed by atoms with E-state index < -0.39 is 6.04 Å². The summed E-state index contributed by atoms with van der Waals surface area (Å²) in [7, 11) is 0. The van der Waals surface area contributed by atoms with Gasteiger partial charge in [0, 0.05) is 6.54 Å². The van der Waals surface area contributed by atoms with E-state index in [1.165, 1.54) is 4.90 Å². The standard InChI is InChI=1S/C15H18N2O3/c18-11-16-13-8-4-5-9-17(15(13)20)14(19)10-12-6-2-1-3-7-12/h1-3,6-7,11,13H,4-5,8-10H2,(H,16,18)/t13-/m0/s1. The van der Waals surface area contributed by atoms with Gasteiger partial charge in [0.2, 0.25) is 12.3 Å². The Morgan fingerprint density at radius 2 is 2.05 bits per heavy atom. The molecule has 0 spiro atoms. The third kappa shape index (κ3) is 3.44. The van der Waals surface area contributed by atoms with E-state index in [2.05, 4.69) is 5.32 Å². The molecular formula is C15H18N2O3. The van der Waals surface area contributed by atoms with Crippen molar-refractivity contribution < 1.29 is 14.4 Å². The highest BCUT2D eigenvalue weighted by Crippen LogP contribution is 2.14. The lowest BCUT2D eigenvalue weighted by Gasteiger charge is -2.22. The first-order chi connectivity index (χ1) is 9.72. The molecule has 0 unspecified atom stereocenters. The topological polar surface area (TPSA) is 66.5 Å². The molecule has 0 radical (unpaired) electrons. The molecule has 106 valence electrons. The highest BCUT2D eigenvalue weighted by molar-refractivity contribution is 5.99. The molecule has 20 heavy (non-hydrogen) atoms. The molecule has 1 aromatic carbocycles. The second-order valence-electron chi connectivity index (χ2n) is 4.88. The van der Waals surface area contributed by atoms with Gasteiger partial charge in [-0.05, 0) is 24.8 Å². The maximum atomic E-state index is 12.3. The Kier molecular flexibility index (Phi) is 4.87. The van der Waals surface area contributed by atoms with Crippen molar-refractivity contribution in [1.29, 1.82) is 0 Å². The second-order valence-corrected chi connectivity index (χ2v) is 4.88. The van der Waals surface area contributed by atoms with Crippen LogP contribution in [0.4, 0.5) is 0 Å². The van der Waals surface area contributed by atoms with Crippen LogP contribution in [0.2, 0.25) is 0 Å². The summed E-state index contributed by atoms with van der Waals surface area (Å²) in [6, 6.07) is 8.76. The van der Waals surface area contributed by atoms with Crippen molar-refractivity contribution in [2.75, 3.05) is 6.54 Å². The number of amides is 3. The summed E-state index contributed by atoms with van der Waals surface area (Å²) in [4.78, 5) is 36.3. The van der Waals surface area contributed by atoms with Crippen LogP contribution in [-0.4, -0.2) is 35.7 Å². The van der Waals surface area contributed by atoms with Gasteiger partial charge in [0.05, 0.1) is 6.42 Å². The van der Waals surface area contributed by atoms with Gasteiger partial charge in [-0.2, -0.15) is 0 Å². The molecule has 1 aliphatic heterocycles. The minimum Gasteiger partial charge on any atom is -0.347 e. The molecule has 5 heteroatoms. The van der Waals surface area contributed by atoms with Crippen molar-refractivity contribution >= 4 is 18.2 Å². The van der Waals surface area contributed by atoms with Crippen LogP contribution < -0.4 is 5.32 Å². The number of carbonyl (C=O) groups is 3. The van der Waals surface area contributed by atoms with Crippen LogP contribution in [0.25, 0.3) is 0 Å². The van der Waals surface area contributed by atoms with Gasteiger partial charge in [0.25, 0.3) is 5.91 Å². The summed E-state index contributed by atoms with van der Waals surface area (Å²) >= 11 is 0. The molecule has 1 atom stereocenters. The number of rotatable bonds is 4. The minimum atomic E-state index is -0.574. The predicted octanol–water partition coefficient (Wildman–Crippen LogP) is 0.883. The Morgan fingerprint density at radius 1 is 1.30 bits per heavy atom. The maximum absolute atomic E-state index is 12.3. The Bertz CT molecular complexity index is 487. The Labute approximate surface area is 118 Å². The van der Waals surface area contributed by atoms with Crippen LogP contribution in [0.5, 0.6) is 0 Å². The fraction of sp³-hybridized carbons (Fsp3) is 0.400. The van der Waals surface area contributed by atoms with E-state index in [0.29, 0.717) is 19.4 Å². The summed E-state index contributed by atoms with van der Waals surface area (Å²) in [5.74, 6) is -0.503. The van der Waals surface area contributed by atoms with Crippen LogP contribution in [0.3, 0.4) is 0 Å². The van der Waals surface area contributed by atoms with E-state index in [1.807, 2.05) is 30.3 Å². The number of hydrogen-bond acceptors (Lipinski definition) is 3. The zero-order valence-corrected chi connectivity index (χ0v) is 11.2. The number of carbonyl (C=O) groups excluding carboxylic acids is 3. The molecule has 0 aliphatic carbocycles. The Morgan fingerprint density at radius 3 is 2.75 bits per heavy atom. The number of benzene rings is 1. The predicted molar refractivity (Wildman–Crippen MR) is 73.7 cm³/mol. The van der Waals surface area contributed by atoms with E-state index in [0.717, 1.165) is 18.4 Å². The van der Waals surface area contributed by atoms with Crippen LogP contribution >= 0.6 is 0 Å². The zero-order valence-electron chi connectivity index (χ0n) is 11.2. The molecule has 1 aliphatic rings. The monoisotopic (exact) mass is 274 g/mol. The van der Waals surface area contributed by atoms with Gasteiger partial charge in [-0.1, -0.05) is 30.3 Å². The van der Waals surface area contributed by atoms with Crippen molar-refractivity contribution in [3.05, 3.63) is 35.9 Å². The van der Waals surface area contributed by atoms with Crippen molar-refractivity contribution in [2.24, 2.45) is 0 Å². The van der Waals surface area contributed by atoms with Gasteiger partial charge in [0.15, 0.2) is 0 Å². The number of nitrogens with zero attached hydrogens (tertiary/aromatic N) is 1. The highest BCUT2D eigenvalue weighted by atomic mass is 16.2. The van der Waals surface area contributed by atoms with Gasteiger partial charge >= 0.3 is 0 Å². The number of likely N-dealkylation sites (tertiary alicyclic amines) is 1. The smallest absolute Gasteiger partial charge is 0.251 e. The number of nitrogens with one attached hydrogen (secondary N) is 1. The molecule has 5 nitrogen and oxygen atoms in total. The fourth-order valence-corrected chi connectivity index (χ4v) is 2.39. The van der Waals surface area contributed by atoms with Crippen LogP contribution in [0, 0.1) is 0 Å². The summed E-state index contributed by atoms with van der Waals surface area (Å²) in [5, 5.41) is 2.50. The minimum absolute atomic E-state index is 0.208. The number of imide groups is 1. The van der Waals surface area contributed by atoms with Crippen LogP contribution in [-0.2, 0) is 20.8 Å². The van der Waals surface area contributed by atoms with Gasteiger partial charge in [-0.15, -0.1) is 0 Å². The molecule has 1 N–H and O–H groups in total. The van der Waals surface area contributed by atoms with Crippen LogP contribution in [0.1, 0.15) is 24.8 Å². The molecule has 3 amide bonds. The van der Waals surface area contributed by atoms with E-state index in [1.54, 1.807) is 0 Å². The third-order valence-electron chi connectivity index (χ3n) is 3.46. The first kappa shape index (κ1) is 14.2. The summed E-state index contributed by atoms with van der Waals surface area (Å²) < 4.78 is 0. The molecule has 1 saturated heterocycles. The van der Waals surface area contributed by atoms with Gasteiger partial charge in [0.1, 0.15) is 6.04 Å². The number of hydrogen-bond donors (Lipinski definition) is 1. The lowest BCUT2D eigenvalue weighted by molar-refractivity contribution is -0.145. The van der Waals surface area contributed by atoms with Gasteiger partial charge in [-0.25, -0.2) is 0 Å². The van der Waals surface area contributed by atoms with Crippen molar-refractivity contribution in [3.63, 3.8) is 0 Å². The second kappa shape index (κ2) is 6.84. The summed E-state index contributed by atoms with van der Waals surface area (Å²) in [6.45, 7) is 0.432. The van der Waals surface area contributed by atoms with E-state index in [4.69, 9.17) is 0 Å². The molecular weight excluding hydrogens is 256 g/mol. The molecule has 1 heterocycles. The third-order valence-corrected chi connectivity index (χ3v) is 3.46. The molecule has 2 rings (SSSR count). The molecule has 0 aromatic heterocycles. The van der Waals surface area contributed by atoms with E-state index in [-0.39, 0.29) is 18.2 Å². The highest BCUT2D eigenvalue weighted by Gasteiger charge is 2.30. The van der Waals surface area contributed by atoms with E-state index >= 15 is 0 Å². The lowest BCUT2D eigenvalue weighted by Crippen LogP contribution is -2.47. The summed E-state index contributed by atoms with van der Waals surface area (Å²) in [5.41, 5.74) is 0.884. The van der Waals surface area contributed by atoms with Crippen molar-refractivity contribution in [3.8, 4) is 0 Å². The average Bonchev–Trinajstić information content (AvgIpc) is 2.63. The molecule has 0 bridgehead atoms. The maximum Gasteiger partial charge on any atom is 0.251 e. The largest absolute Gasteiger partial charge is 0.347 e. The average molecular weight is 274 g/mol. The van der Waals surface area contributed by atoms with Crippen LogP contribution in [0.15, 0.2) is 30.3 Å². The normalized spacial score (nSPS) is 19.3. The molecule has 0 saturated carbocycles. The fourth-order valence-electron chi connectivity index (χ4n) is 2.39. The Balaban J connectivity index is 2.07. The lowest BCUT2D eigenvalue weighted by atomic mass is 10.1. The van der Waals surface area contributed by atoms with E-state index in [9.17, 15) is 14.4 Å². The first-order valence-electron chi connectivity index (χ1n) is 6.80. The summed E-state index contributed by atoms with van der Waals surface area (Å²) in [6.07, 6.45) is 2.93. The SMILES string of the molecule is O=CN[C@H]1CCCCN(C(=O)Cc2ccccc2)C1=O. The quantitative estimate of drug-likeness (QED) is 0.829.